The number of hydrogen-bond acceptors (Lipinski definition) is 3. The fourth-order valence-electron chi connectivity index (χ4n) is 1.32. The van der Waals surface area contributed by atoms with E-state index in [9.17, 15) is 8.42 Å². The Morgan fingerprint density at radius 2 is 1.67 bits per heavy atom. The van der Waals surface area contributed by atoms with Crippen molar-refractivity contribution in [1.82, 2.24) is 8.61 Å². The van der Waals surface area contributed by atoms with Crippen LogP contribution in [-0.4, -0.2) is 43.2 Å². The van der Waals surface area contributed by atoms with Crippen LogP contribution in [0.3, 0.4) is 0 Å². The first kappa shape index (κ1) is 14.4. The van der Waals surface area contributed by atoms with Gasteiger partial charge in [0.2, 0.25) is 0 Å². The van der Waals surface area contributed by atoms with Crippen LogP contribution in [0.1, 0.15) is 27.2 Å². The summed E-state index contributed by atoms with van der Waals surface area (Å²) in [7, 11) is -3.44. The average molecular weight is 233 g/mol. The van der Waals surface area contributed by atoms with E-state index in [4.69, 9.17) is 5.26 Å². The number of rotatable bonds is 7. The van der Waals surface area contributed by atoms with Crippen LogP contribution in [0.4, 0.5) is 0 Å². The Morgan fingerprint density at radius 1 is 1.13 bits per heavy atom. The van der Waals surface area contributed by atoms with Crippen LogP contribution in [-0.2, 0) is 10.2 Å². The van der Waals surface area contributed by atoms with Gasteiger partial charge < -0.3 is 0 Å². The molecule has 0 unspecified atom stereocenters. The first-order chi connectivity index (χ1) is 7.04. The number of hydrogen-bond donors (Lipinski definition) is 0. The summed E-state index contributed by atoms with van der Waals surface area (Å²) < 4.78 is 26.5. The smallest absolute Gasteiger partial charge is 0.197 e. The fraction of sp³-hybridized carbons (Fsp3) is 0.889. The Kier molecular flexibility index (Phi) is 6.48. The molecule has 0 bridgehead atoms. The van der Waals surface area contributed by atoms with Gasteiger partial charge in [-0.2, -0.15) is 22.3 Å². The third-order valence-corrected chi connectivity index (χ3v) is 4.21. The molecule has 0 N–H and O–H groups in total. The van der Waals surface area contributed by atoms with Crippen molar-refractivity contribution < 1.29 is 8.42 Å². The van der Waals surface area contributed by atoms with E-state index in [1.54, 1.807) is 13.8 Å². The molecule has 0 aliphatic carbocycles. The Labute approximate surface area is 92.5 Å². The van der Waals surface area contributed by atoms with Gasteiger partial charge in [0.15, 0.2) is 0 Å². The molecule has 0 aliphatic heterocycles. The van der Waals surface area contributed by atoms with E-state index >= 15 is 0 Å². The highest BCUT2D eigenvalue weighted by Crippen LogP contribution is 2.08. The molecule has 0 aromatic carbocycles. The molecule has 0 amide bonds. The molecule has 0 heterocycles. The molecule has 0 aromatic heterocycles. The summed E-state index contributed by atoms with van der Waals surface area (Å²) >= 11 is 0. The predicted molar refractivity (Wildman–Crippen MR) is 59.3 cm³/mol. The van der Waals surface area contributed by atoms with Gasteiger partial charge in [0.1, 0.15) is 6.54 Å². The van der Waals surface area contributed by atoms with Gasteiger partial charge >= 0.3 is 0 Å². The van der Waals surface area contributed by atoms with E-state index in [0.717, 1.165) is 0 Å². The molecule has 0 spiro atoms. The molecule has 0 aromatic rings. The zero-order valence-corrected chi connectivity index (χ0v) is 10.4. The maximum absolute atomic E-state index is 12.0. The third-order valence-electron chi connectivity index (χ3n) is 2.08. The summed E-state index contributed by atoms with van der Waals surface area (Å²) in [5.41, 5.74) is 0. The van der Waals surface area contributed by atoms with Crippen LogP contribution < -0.4 is 0 Å². The highest BCUT2D eigenvalue weighted by Gasteiger charge is 2.26. The lowest BCUT2D eigenvalue weighted by molar-refractivity contribution is 0.365. The summed E-state index contributed by atoms with van der Waals surface area (Å²) in [5.74, 6) is 0. The molecule has 6 heteroatoms. The third kappa shape index (κ3) is 3.78. The molecule has 88 valence electrons. The van der Waals surface area contributed by atoms with Crippen molar-refractivity contribution in [2.45, 2.75) is 27.2 Å². The monoisotopic (exact) mass is 233 g/mol. The first-order valence-electron chi connectivity index (χ1n) is 5.16. The van der Waals surface area contributed by atoms with E-state index < -0.39 is 10.2 Å². The van der Waals surface area contributed by atoms with Crippen LogP contribution in [0.25, 0.3) is 0 Å². The summed E-state index contributed by atoms with van der Waals surface area (Å²) in [5, 5.41) is 8.58. The maximum atomic E-state index is 12.0. The molecule has 0 aliphatic rings. The number of nitrogens with zero attached hydrogens (tertiary/aromatic N) is 3. The van der Waals surface area contributed by atoms with Crippen molar-refractivity contribution in [3.63, 3.8) is 0 Å². The van der Waals surface area contributed by atoms with E-state index in [2.05, 4.69) is 0 Å². The maximum Gasteiger partial charge on any atom is 0.282 e. The van der Waals surface area contributed by atoms with Crippen molar-refractivity contribution in [2.24, 2.45) is 0 Å². The molecular weight excluding hydrogens is 214 g/mol. The van der Waals surface area contributed by atoms with Crippen LogP contribution in [0, 0.1) is 11.3 Å². The van der Waals surface area contributed by atoms with E-state index in [1.807, 2.05) is 13.0 Å². The Bertz CT molecular complexity index is 304. The molecule has 5 nitrogen and oxygen atoms in total. The topological polar surface area (TPSA) is 64.4 Å². The summed E-state index contributed by atoms with van der Waals surface area (Å²) in [6, 6.07) is 1.88. The second kappa shape index (κ2) is 6.77. The van der Waals surface area contributed by atoms with Crippen LogP contribution in [0.15, 0.2) is 0 Å². The molecular formula is C9H19N3O2S. The Morgan fingerprint density at radius 3 is 2.00 bits per heavy atom. The van der Waals surface area contributed by atoms with Gasteiger partial charge in [-0.25, -0.2) is 0 Å². The van der Waals surface area contributed by atoms with Crippen molar-refractivity contribution in [1.29, 1.82) is 5.26 Å². The second-order valence-corrected chi connectivity index (χ2v) is 5.01. The van der Waals surface area contributed by atoms with E-state index in [0.29, 0.717) is 26.1 Å². The molecule has 0 atom stereocenters. The molecule has 0 rings (SSSR count). The number of nitriles is 1. The van der Waals surface area contributed by atoms with Gasteiger partial charge in [0, 0.05) is 19.6 Å². The molecule has 0 saturated heterocycles. The van der Waals surface area contributed by atoms with Gasteiger partial charge in [0.25, 0.3) is 10.2 Å². The highest BCUT2D eigenvalue weighted by molar-refractivity contribution is 7.86. The summed E-state index contributed by atoms with van der Waals surface area (Å²) in [4.78, 5) is 0. The van der Waals surface area contributed by atoms with Crippen LogP contribution >= 0.6 is 0 Å². The van der Waals surface area contributed by atoms with Gasteiger partial charge in [-0.15, -0.1) is 0 Å². The van der Waals surface area contributed by atoms with Gasteiger partial charge in [-0.1, -0.05) is 20.8 Å². The highest BCUT2D eigenvalue weighted by atomic mass is 32.2. The normalized spacial score (nSPS) is 12.0. The standard InChI is InChI=1S/C9H19N3O2S/c1-4-8-12(9-7-10)15(13,14)11(5-2)6-3/h4-6,8-9H2,1-3H3. The molecule has 15 heavy (non-hydrogen) atoms. The van der Waals surface area contributed by atoms with Crippen LogP contribution in [0.5, 0.6) is 0 Å². The molecule has 0 fully saturated rings. The minimum absolute atomic E-state index is 0.0767. The first-order valence-corrected chi connectivity index (χ1v) is 6.56. The largest absolute Gasteiger partial charge is 0.282 e. The lowest BCUT2D eigenvalue weighted by Crippen LogP contribution is -2.44. The lowest BCUT2D eigenvalue weighted by atomic mass is 10.5. The fourth-order valence-corrected chi connectivity index (χ4v) is 2.93. The minimum atomic E-state index is -3.44. The van der Waals surface area contributed by atoms with Crippen molar-refractivity contribution in [3.05, 3.63) is 0 Å². The lowest BCUT2D eigenvalue weighted by Gasteiger charge is -2.26. The van der Waals surface area contributed by atoms with E-state index in [-0.39, 0.29) is 6.54 Å². The molecule has 0 saturated carbocycles. The molecule has 0 radical (unpaired) electrons. The van der Waals surface area contributed by atoms with Gasteiger partial charge in [0.05, 0.1) is 6.07 Å². The van der Waals surface area contributed by atoms with Crippen molar-refractivity contribution >= 4 is 10.2 Å². The quantitative estimate of drug-likeness (QED) is 0.611. The zero-order valence-electron chi connectivity index (χ0n) is 9.60. The predicted octanol–water partition coefficient (Wildman–Crippen LogP) is 0.809. The zero-order chi connectivity index (χ0) is 11.9. The van der Waals surface area contributed by atoms with E-state index in [1.165, 1.54) is 8.61 Å². The SMILES string of the molecule is CCCN(CC#N)S(=O)(=O)N(CC)CC. The Balaban J connectivity index is 4.85. The Hall–Kier alpha value is -0.640. The van der Waals surface area contributed by atoms with Gasteiger partial charge in [-0.05, 0) is 6.42 Å². The minimum Gasteiger partial charge on any atom is -0.197 e. The second-order valence-electron chi connectivity index (χ2n) is 3.08. The van der Waals surface area contributed by atoms with Crippen LogP contribution in [0.2, 0.25) is 0 Å². The van der Waals surface area contributed by atoms with Gasteiger partial charge in [-0.3, -0.25) is 0 Å². The summed E-state index contributed by atoms with van der Waals surface area (Å²) in [6.07, 6.45) is 0.710. The van der Waals surface area contributed by atoms with Crippen molar-refractivity contribution in [2.75, 3.05) is 26.2 Å². The van der Waals surface area contributed by atoms with Crippen molar-refractivity contribution in [3.8, 4) is 6.07 Å². The summed E-state index contributed by atoms with van der Waals surface area (Å²) in [6.45, 7) is 6.66. The average Bonchev–Trinajstić information content (AvgIpc) is 2.19.